The van der Waals surface area contributed by atoms with Crippen molar-refractivity contribution >= 4 is 11.6 Å². The molecule has 0 radical (unpaired) electrons. The van der Waals surface area contributed by atoms with E-state index in [9.17, 15) is 4.79 Å². The largest absolute Gasteiger partial charge is 0.497 e. The molecule has 5 heteroatoms. The topological polar surface area (TPSA) is 59.6 Å². The lowest BCUT2D eigenvalue weighted by molar-refractivity contribution is -0.115. The Hall–Kier alpha value is -2.53. The van der Waals surface area contributed by atoms with Crippen LogP contribution in [0, 0.1) is 5.92 Å². The molecule has 2 N–H and O–H groups in total. The van der Waals surface area contributed by atoms with Gasteiger partial charge in [0.15, 0.2) is 0 Å². The van der Waals surface area contributed by atoms with Crippen LogP contribution in [0.1, 0.15) is 19.4 Å². The Balaban J connectivity index is 1.72. The third-order valence-electron chi connectivity index (χ3n) is 3.50. The quantitative estimate of drug-likeness (QED) is 0.733. The molecule has 134 valence electrons. The van der Waals surface area contributed by atoms with E-state index in [-0.39, 0.29) is 12.5 Å². The average Bonchev–Trinajstić information content (AvgIpc) is 2.61. The molecular weight excluding hydrogens is 316 g/mol. The maximum absolute atomic E-state index is 12.0. The molecule has 5 nitrogen and oxygen atoms in total. The minimum Gasteiger partial charge on any atom is -0.497 e. The fraction of sp³-hybridized carbons (Fsp3) is 0.350. The fourth-order valence-electron chi connectivity index (χ4n) is 2.17. The zero-order valence-electron chi connectivity index (χ0n) is 15.0. The summed E-state index contributed by atoms with van der Waals surface area (Å²) >= 11 is 0. The van der Waals surface area contributed by atoms with Crippen LogP contribution < -0.4 is 20.1 Å². The number of benzene rings is 2. The number of nitrogens with one attached hydrogen (secondary N) is 2. The van der Waals surface area contributed by atoms with Gasteiger partial charge in [0.25, 0.3) is 0 Å². The monoisotopic (exact) mass is 342 g/mol. The van der Waals surface area contributed by atoms with Gasteiger partial charge in [-0.05, 0) is 47.9 Å². The van der Waals surface area contributed by atoms with Crippen molar-refractivity contribution in [1.82, 2.24) is 5.32 Å². The van der Waals surface area contributed by atoms with Crippen LogP contribution in [0.25, 0.3) is 0 Å². The number of rotatable bonds is 9. The third-order valence-corrected chi connectivity index (χ3v) is 3.50. The lowest BCUT2D eigenvalue weighted by Crippen LogP contribution is -2.27. The van der Waals surface area contributed by atoms with E-state index < -0.39 is 0 Å². The molecule has 0 heterocycles. The summed E-state index contributed by atoms with van der Waals surface area (Å²) in [6, 6.07) is 15.2. The van der Waals surface area contributed by atoms with Gasteiger partial charge in [0, 0.05) is 12.2 Å². The lowest BCUT2D eigenvalue weighted by Gasteiger charge is -2.10. The van der Waals surface area contributed by atoms with Crippen LogP contribution in [-0.4, -0.2) is 26.2 Å². The van der Waals surface area contributed by atoms with Crippen LogP contribution in [0.3, 0.4) is 0 Å². The zero-order chi connectivity index (χ0) is 18.1. The Bertz CT molecular complexity index is 652. The number of methoxy groups -OCH3 is 1. The van der Waals surface area contributed by atoms with Crippen molar-refractivity contribution in [1.29, 1.82) is 0 Å². The first kappa shape index (κ1) is 18.8. The predicted octanol–water partition coefficient (Wildman–Crippen LogP) is 3.46. The first-order chi connectivity index (χ1) is 12.1. The SMILES string of the molecule is COc1ccc(CNCC(=O)Nc2ccc(OCC(C)C)cc2)cc1. The van der Waals surface area contributed by atoms with E-state index in [0.717, 1.165) is 22.7 Å². The molecule has 0 spiro atoms. The molecule has 0 saturated heterocycles. The van der Waals surface area contributed by atoms with E-state index >= 15 is 0 Å². The van der Waals surface area contributed by atoms with Crippen molar-refractivity contribution < 1.29 is 14.3 Å². The summed E-state index contributed by atoms with van der Waals surface area (Å²) in [5, 5.41) is 5.99. The van der Waals surface area contributed by atoms with Crippen LogP contribution in [0.5, 0.6) is 11.5 Å². The Labute approximate surface area is 149 Å². The number of carbonyl (C=O) groups excluding carboxylic acids is 1. The first-order valence-corrected chi connectivity index (χ1v) is 8.43. The molecule has 2 rings (SSSR count). The normalized spacial score (nSPS) is 10.6. The molecule has 2 aromatic rings. The van der Waals surface area contributed by atoms with Gasteiger partial charge < -0.3 is 20.1 Å². The minimum absolute atomic E-state index is 0.0793. The van der Waals surface area contributed by atoms with Crippen molar-refractivity contribution in [3.63, 3.8) is 0 Å². The molecule has 0 saturated carbocycles. The molecular formula is C20H26N2O3. The Morgan fingerprint density at radius 2 is 1.64 bits per heavy atom. The van der Waals surface area contributed by atoms with Crippen LogP contribution in [-0.2, 0) is 11.3 Å². The summed E-state index contributed by atoms with van der Waals surface area (Å²) in [5.74, 6) is 2.03. The van der Waals surface area contributed by atoms with Crippen molar-refractivity contribution in [2.75, 3.05) is 25.6 Å². The second kappa shape index (κ2) is 9.69. The zero-order valence-corrected chi connectivity index (χ0v) is 15.0. The van der Waals surface area contributed by atoms with E-state index in [1.165, 1.54) is 0 Å². The van der Waals surface area contributed by atoms with Gasteiger partial charge in [-0.25, -0.2) is 0 Å². The molecule has 2 aromatic carbocycles. The van der Waals surface area contributed by atoms with E-state index in [2.05, 4.69) is 24.5 Å². The van der Waals surface area contributed by atoms with E-state index in [0.29, 0.717) is 19.1 Å². The smallest absolute Gasteiger partial charge is 0.238 e. The molecule has 0 bridgehead atoms. The highest BCUT2D eigenvalue weighted by molar-refractivity contribution is 5.92. The van der Waals surface area contributed by atoms with Gasteiger partial charge in [0.1, 0.15) is 11.5 Å². The van der Waals surface area contributed by atoms with E-state index in [4.69, 9.17) is 9.47 Å². The molecule has 25 heavy (non-hydrogen) atoms. The highest BCUT2D eigenvalue weighted by Crippen LogP contribution is 2.16. The number of amides is 1. The number of hydrogen-bond donors (Lipinski definition) is 2. The predicted molar refractivity (Wildman–Crippen MR) is 100 cm³/mol. The van der Waals surface area contributed by atoms with Crippen LogP contribution in [0.15, 0.2) is 48.5 Å². The van der Waals surface area contributed by atoms with Crippen LogP contribution in [0.2, 0.25) is 0 Å². The van der Waals surface area contributed by atoms with Gasteiger partial charge in [0.05, 0.1) is 20.3 Å². The average molecular weight is 342 g/mol. The molecule has 0 aliphatic carbocycles. The van der Waals surface area contributed by atoms with Crippen molar-refractivity contribution in [2.45, 2.75) is 20.4 Å². The molecule has 0 unspecified atom stereocenters. The van der Waals surface area contributed by atoms with E-state index in [1.807, 2.05) is 48.5 Å². The van der Waals surface area contributed by atoms with Crippen molar-refractivity contribution in [3.05, 3.63) is 54.1 Å². The lowest BCUT2D eigenvalue weighted by atomic mass is 10.2. The molecule has 0 aliphatic heterocycles. The number of carbonyl (C=O) groups is 1. The Morgan fingerprint density at radius 1 is 1.00 bits per heavy atom. The summed E-state index contributed by atoms with van der Waals surface area (Å²) < 4.78 is 10.7. The summed E-state index contributed by atoms with van der Waals surface area (Å²) in [6.45, 7) is 5.76. The number of anilines is 1. The van der Waals surface area contributed by atoms with Gasteiger partial charge in [-0.2, -0.15) is 0 Å². The minimum atomic E-state index is -0.0793. The first-order valence-electron chi connectivity index (χ1n) is 8.43. The van der Waals surface area contributed by atoms with Crippen LogP contribution >= 0.6 is 0 Å². The van der Waals surface area contributed by atoms with Crippen LogP contribution in [0.4, 0.5) is 5.69 Å². The van der Waals surface area contributed by atoms with Gasteiger partial charge in [-0.15, -0.1) is 0 Å². The van der Waals surface area contributed by atoms with E-state index in [1.54, 1.807) is 7.11 Å². The summed E-state index contributed by atoms with van der Waals surface area (Å²) in [7, 11) is 1.64. The second-order valence-electron chi connectivity index (χ2n) is 6.23. The van der Waals surface area contributed by atoms with Gasteiger partial charge in [-0.3, -0.25) is 4.79 Å². The number of hydrogen-bond acceptors (Lipinski definition) is 4. The van der Waals surface area contributed by atoms with Gasteiger partial charge >= 0.3 is 0 Å². The third kappa shape index (κ3) is 6.85. The standard InChI is InChI=1S/C20H26N2O3/c1-15(2)14-25-19-10-6-17(7-11-19)22-20(23)13-21-12-16-4-8-18(24-3)9-5-16/h4-11,15,21H,12-14H2,1-3H3,(H,22,23). The molecule has 1 amide bonds. The summed E-state index contributed by atoms with van der Waals surface area (Å²) in [6.07, 6.45) is 0. The highest BCUT2D eigenvalue weighted by Gasteiger charge is 2.03. The summed E-state index contributed by atoms with van der Waals surface area (Å²) in [4.78, 5) is 12.0. The maximum atomic E-state index is 12.0. The van der Waals surface area contributed by atoms with Crippen molar-refractivity contribution in [3.8, 4) is 11.5 Å². The number of ether oxygens (including phenoxy) is 2. The molecule has 0 aromatic heterocycles. The molecule has 0 aliphatic rings. The van der Waals surface area contributed by atoms with Crippen molar-refractivity contribution in [2.24, 2.45) is 5.92 Å². The van der Waals surface area contributed by atoms with Gasteiger partial charge in [-0.1, -0.05) is 26.0 Å². The fourth-order valence-corrected chi connectivity index (χ4v) is 2.17. The maximum Gasteiger partial charge on any atom is 0.238 e. The van der Waals surface area contributed by atoms with Gasteiger partial charge in [0.2, 0.25) is 5.91 Å². The Kier molecular flexibility index (Phi) is 7.29. The highest BCUT2D eigenvalue weighted by atomic mass is 16.5. The molecule has 0 fully saturated rings. The summed E-state index contributed by atoms with van der Waals surface area (Å²) in [5.41, 5.74) is 1.85. The second-order valence-corrected chi connectivity index (χ2v) is 6.23. The Morgan fingerprint density at radius 3 is 2.24 bits per heavy atom. The molecule has 0 atom stereocenters.